The molecule has 0 fully saturated rings. The molecule has 0 unspecified atom stereocenters. The Balaban J connectivity index is 1.45. The van der Waals surface area contributed by atoms with Crippen LogP contribution in [0.4, 0.5) is 5.69 Å². The summed E-state index contributed by atoms with van der Waals surface area (Å²) in [7, 11) is 0. The summed E-state index contributed by atoms with van der Waals surface area (Å²) in [6.07, 6.45) is -0.126. The van der Waals surface area contributed by atoms with Gasteiger partial charge in [0.1, 0.15) is 13.2 Å². The number of ketones is 1. The first-order valence-electron chi connectivity index (χ1n) is 9.91. The van der Waals surface area contributed by atoms with E-state index in [2.05, 4.69) is 5.32 Å². The molecule has 0 saturated heterocycles. The van der Waals surface area contributed by atoms with Crippen LogP contribution < -0.4 is 14.8 Å². The van der Waals surface area contributed by atoms with E-state index < -0.39 is 18.5 Å². The molecule has 2 aromatic carbocycles. The number of esters is 1. The van der Waals surface area contributed by atoms with Crippen LogP contribution in [0.25, 0.3) is 0 Å². The molecule has 0 radical (unpaired) electrons. The Bertz CT molecular complexity index is 937. The molecule has 0 atom stereocenters. The highest BCUT2D eigenvalue weighted by Gasteiger charge is 2.17. The monoisotopic (exact) mass is 411 g/mol. The third-order valence-corrected chi connectivity index (χ3v) is 4.64. The molecule has 0 aromatic heterocycles. The van der Waals surface area contributed by atoms with Gasteiger partial charge in [-0.05, 0) is 35.7 Å². The number of amides is 1. The van der Waals surface area contributed by atoms with Crippen molar-refractivity contribution in [3.8, 4) is 11.5 Å². The third-order valence-electron chi connectivity index (χ3n) is 4.64. The van der Waals surface area contributed by atoms with Crippen molar-refractivity contribution in [1.29, 1.82) is 0 Å². The summed E-state index contributed by atoms with van der Waals surface area (Å²) in [5.41, 5.74) is 2.14. The van der Waals surface area contributed by atoms with E-state index in [0.29, 0.717) is 36.0 Å². The van der Waals surface area contributed by atoms with E-state index in [9.17, 15) is 14.4 Å². The van der Waals surface area contributed by atoms with E-state index in [-0.39, 0.29) is 24.5 Å². The summed E-state index contributed by atoms with van der Waals surface area (Å²) < 4.78 is 15.9. The quantitative estimate of drug-likeness (QED) is 0.526. The van der Waals surface area contributed by atoms with Gasteiger partial charge in [-0.15, -0.1) is 0 Å². The molecule has 0 saturated carbocycles. The topological polar surface area (TPSA) is 90.9 Å². The van der Waals surface area contributed by atoms with Gasteiger partial charge in [-0.25, -0.2) is 0 Å². The van der Waals surface area contributed by atoms with Crippen molar-refractivity contribution >= 4 is 23.3 Å². The summed E-state index contributed by atoms with van der Waals surface area (Å²) in [5, 5.41) is 2.76. The van der Waals surface area contributed by atoms with E-state index in [1.165, 1.54) is 0 Å². The predicted octanol–water partition coefficient (Wildman–Crippen LogP) is 3.73. The number of rotatable bonds is 8. The number of ether oxygens (including phenoxy) is 3. The molecule has 158 valence electrons. The fraction of sp³-hybridized carbons (Fsp3) is 0.348. The number of hydrogen-bond donors (Lipinski definition) is 1. The predicted molar refractivity (Wildman–Crippen MR) is 111 cm³/mol. The summed E-state index contributed by atoms with van der Waals surface area (Å²) in [5.74, 6) is 0.132. The van der Waals surface area contributed by atoms with Crippen LogP contribution in [-0.4, -0.2) is 37.5 Å². The normalized spacial score (nSPS) is 12.4. The first-order valence-corrected chi connectivity index (χ1v) is 9.91. The zero-order chi connectivity index (χ0) is 21.5. The van der Waals surface area contributed by atoms with Gasteiger partial charge in [-0.1, -0.05) is 32.0 Å². The Hall–Kier alpha value is -3.35. The van der Waals surface area contributed by atoms with Crippen LogP contribution in [0, 0.1) is 0 Å². The second-order valence-electron chi connectivity index (χ2n) is 7.23. The number of fused-ring (bicyclic) bond motifs is 1. The number of carbonyl (C=O) groups is 3. The van der Waals surface area contributed by atoms with Crippen molar-refractivity contribution in [3.63, 3.8) is 0 Å². The van der Waals surface area contributed by atoms with Crippen molar-refractivity contribution in [2.75, 3.05) is 25.1 Å². The molecule has 0 spiro atoms. The van der Waals surface area contributed by atoms with Crippen LogP contribution in [0.5, 0.6) is 11.5 Å². The summed E-state index contributed by atoms with van der Waals surface area (Å²) in [6, 6.07) is 12.4. The third kappa shape index (κ3) is 5.59. The van der Waals surface area contributed by atoms with E-state index in [1.807, 2.05) is 32.0 Å². The van der Waals surface area contributed by atoms with E-state index >= 15 is 0 Å². The lowest BCUT2D eigenvalue weighted by Crippen LogP contribution is -2.22. The van der Waals surface area contributed by atoms with Crippen LogP contribution >= 0.6 is 0 Å². The van der Waals surface area contributed by atoms with Crippen LogP contribution in [0.1, 0.15) is 48.5 Å². The fourth-order valence-electron chi connectivity index (χ4n) is 3.10. The Morgan fingerprint density at radius 1 is 1.00 bits per heavy atom. The summed E-state index contributed by atoms with van der Waals surface area (Å²) in [4.78, 5) is 36.4. The minimum absolute atomic E-state index is 0.0176. The highest BCUT2D eigenvalue weighted by Crippen LogP contribution is 2.31. The molecule has 1 N–H and O–H groups in total. The molecule has 1 heterocycles. The highest BCUT2D eigenvalue weighted by molar-refractivity contribution is 5.98. The lowest BCUT2D eigenvalue weighted by atomic mass is 10.0. The lowest BCUT2D eigenvalue weighted by molar-refractivity contribution is -0.147. The number of Topliss-reactive ketones (excluding diaryl/α,β-unsaturated/α-hetero) is 1. The Kier molecular flexibility index (Phi) is 7.06. The van der Waals surface area contributed by atoms with Crippen molar-refractivity contribution in [1.82, 2.24) is 0 Å². The van der Waals surface area contributed by atoms with Gasteiger partial charge in [-0.2, -0.15) is 0 Å². The van der Waals surface area contributed by atoms with Crippen LogP contribution in [0.15, 0.2) is 42.5 Å². The number of nitrogens with one attached hydrogen (secondary N) is 1. The molecule has 7 nitrogen and oxygen atoms in total. The van der Waals surface area contributed by atoms with Gasteiger partial charge < -0.3 is 19.5 Å². The van der Waals surface area contributed by atoms with Crippen molar-refractivity contribution in [2.45, 2.75) is 32.6 Å². The number of hydrogen-bond acceptors (Lipinski definition) is 6. The van der Waals surface area contributed by atoms with E-state index in [0.717, 1.165) is 5.56 Å². The van der Waals surface area contributed by atoms with Crippen molar-refractivity contribution < 1.29 is 28.6 Å². The smallest absolute Gasteiger partial charge is 0.306 e. The minimum Gasteiger partial charge on any atom is -0.486 e. The van der Waals surface area contributed by atoms with Gasteiger partial charge in [-0.3, -0.25) is 14.4 Å². The molecular weight excluding hydrogens is 386 g/mol. The number of para-hydroxylation sites is 1. The molecule has 0 aliphatic carbocycles. The van der Waals surface area contributed by atoms with Gasteiger partial charge >= 0.3 is 5.97 Å². The van der Waals surface area contributed by atoms with E-state index in [1.54, 1.807) is 24.3 Å². The average Bonchev–Trinajstić information content (AvgIpc) is 2.76. The molecule has 2 aromatic rings. The first-order chi connectivity index (χ1) is 14.4. The first kappa shape index (κ1) is 21.4. The van der Waals surface area contributed by atoms with Crippen molar-refractivity contribution in [3.05, 3.63) is 53.6 Å². The second kappa shape index (κ2) is 9.91. The van der Waals surface area contributed by atoms with Crippen LogP contribution in [0.2, 0.25) is 0 Å². The number of carbonyl (C=O) groups excluding carboxylic acids is 3. The molecule has 1 aliphatic rings. The summed E-state index contributed by atoms with van der Waals surface area (Å²) in [6.45, 7) is 4.57. The largest absolute Gasteiger partial charge is 0.486 e. The molecule has 3 rings (SSSR count). The highest BCUT2D eigenvalue weighted by atomic mass is 16.6. The maximum absolute atomic E-state index is 12.3. The molecule has 0 bridgehead atoms. The van der Waals surface area contributed by atoms with Crippen LogP contribution in [-0.2, 0) is 14.3 Å². The van der Waals surface area contributed by atoms with Gasteiger partial charge in [0.05, 0.1) is 6.42 Å². The Labute approximate surface area is 175 Å². The zero-order valence-electron chi connectivity index (χ0n) is 17.1. The number of benzene rings is 2. The van der Waals surface area contributed by atoms with Crippen molar-refractivity contribution in [2.24, 2.45) is 0 Å². The van der Waals surface area contributed by atoms with Gasteiger partial charge in [0.2, 0.25) is 0 Å². The van der Waals surface area contributed by atoms with E-state index in [4.69, 9.17) is 14.2 Å². The number of anilines is 1. The average molecular weight is 411 g/mol. The zero-order valence-corrected chi connectivity index (χ0v) is 17.1. The fourth-order valence-corrected chi connectivity index (χ4v) is 3.10. The molecule has 1 aliphatic heterocycles. The summed E-state index contributed by atoms with van der Waals surface area (Å²) >= 11 is 0. The standard InChI is InChI=1S/C23H25NO6/c1-15(2)17-5-3-4-6-18(17)24-22(26)14-30-23(27)10-8-19(25)16-7-9-20-21(13-16)29-12-11-28-20/h3-7,9,13,15H,8,10-12,14H2,1-2H3,(H,24,26). The van der Waals surface area contributed by atoms with Gasteiger partial charge in [0.15, 0.2) is 23.9 Å². The maximum Gasteiger partial charge on any atom is 0.306 e. The second-order valence-corrected chi connectivity index (χ2v) is 7.23. The Morgan fingerprint density at radius 3 is 2.50 bits per heavy atom. The maximum atomic E-state index is 12.3. The molecule has 7 heteroatoms. The SMILES string of the molecule is CC(C)c1ccccc1NC(=O)COC(=O)CCC(=O)c1ccc2c(c1)OCCO2. The van der Waals surface area contributed by atoms with Gasteiger partial charge in [0.25, 0.3) is 5.91 Å². The van der Waals surface area contributed by atoms with Crippen LogP contribution in [0.3, 0.4) is 0 Å². The molecule has 30 heavy (non-hydrogen) atoms. The Morgan fingerprint density at radius 2 is 1.73 bits per heavy atom. The lowest BCUT2D eigenvalue weighted by Gasteiger charge is -2.18. The molecule has 1 amide bonds. The minimum atomic E-state index is -0.604. The molecular formula is C23H25NO6. The van der Waals surface area contributed by atoms with Gasteiger partial charge in [0, 0.05) is 17.7 Å².